The molecule has 1 aromatic carbocycles. The highest BCUT2D eigenvalue weighted by atomic mass is 16.5. The molecule has 1 N–H and O–H groups in total. The third kappa shape index (κ3) is 2.73. The molecule has 0 radical (unpaired) electrons. The molecule has 1 atom stereocenters. The standard InChI is InChI=1S/C17H21N5O2/c1-5-24-16(23)14-11(2)20-17-18-10-19-22(17)15(14)12-6-8-13(9-7-12)21(3)4/h6-10,15H,5H2,1-4H3,(H,18,19,20)/t15-/m1/s1. The van der Waals surface area contributed by atoms with Crippen LogP contribution in [0.5, 0.6) is 0 Å². The maximum absolute atomic E-state index is 12.5. The van der Waals surface area contributed by atoms with Crippen molar-refractivity contribution in [2.24, 2.45) is 0 Å². The van der Waals surface area contributed by atoms with Crippen molar-refractivity contribution in [2.75, 3.05) is 30.9 Å². The highest BCUT2D eigenvalue weighted by Crippen LogP contribution is 2.35. The predicted molar refractivity (Wildman–Crippen MR) is 91.9 cm³/mol. The van der Waals surface area contributed by atoms with E-state index in [0.717, 1.165) is 16.9 Å². The highest BCUT2D eigenvalue weighted by molar-refractivity contribution is 5.92. The molecule has 3 rings (SSSR count). The second-order valence-electron chi connectivity index (χ2n) is 5.80. The Bertz CT molecular complexity index is 777. The van der Waals surface area contributed by atoms with E-state index >= 15 is 0 Å². The molecular weight excluding hydrogens is 306 g/mol. The largest absolute Gasteiger partial charge is 0.463 e. The molecule has 2 aromatic rings. The molecular formula is C17H21N5O2. The van der Waals surface area contributed by atoms with Crippen LogP contribution >= 0.6 is 0 Å². The smallest absolute Gasteiger partial charge is 0.338 e. The van der Waals surface area contributed by atoms with Crippen molar-refractivity contribution in [3.8, 4) is 0 Å². The zero-order valence-corrected chi connectivity index (χ0v) is 14.3. The number of nitrogens with zero attached hydrogens (tertiary/aromatic N) is 4. The summed E-state index contributed by atoms with van der Waals surface area (Å²) in [6.07, 6.45) is 1.48. The van der Waals surface area contributed by atoms with Crippen LogP contribution in [0.25, 0.3) is 0 Å². The summed E-state index contributed by atoms with van der Waals surface area (Å²) in [5.74, 6) is 0.271. The quantitative estimate of drug-likeness (QED) is 0.868. The molecule has 0 fully saturated rings. The first-order valence-corrected chi connectivity index (χ1v) is 7.84. The Kier molecular flexibility index (Phi) is 4.24. The Morgan fingerprint density at radius 3 is 2.67 bits per heavy atom. The van der Waals surface area contributed by atoms with Crippen LogP contribution in [0.3, 0.4) is 0 Å². The number of rotatable bonds is 4. The Morgan fingerprint density at radius 1 is 1.33 bits per heavy atom. The molecule has 1 aromatic heterocycles. The van der Waals surface area contributed by atoms with Crippen LogP contribution in [0.1, 0.15) is 25.5 Å². The minimum Gasteiger partial charge on any atom is -0.463 e. The van der Waals surface area contributed by atoms with Crippen LogP contribution < -0.4 is 10.2 Å². The van der Waals surface area contributed by atoms with Crippen molar-refractivity contribution in [1.82, 2.24) is 14.8 Å². The number of hydrogen-bond acceptors (Lipinski definition) is 6. The fourth-order valence-electron chi connectivity index (χ4n) is 2.83. The Hall–Kier alpha value is -2.83. The third-order valence-electron chi connectivity index (χ3n) is 4.01. The SMILES string of the molecule is CCOC(=O)C1=C(C)Nc2ncnn2[C@@H]1c1ccc(N(C)C)cc1. The summed E-state index contributed by atoms with van der Waals surface area (Å²) in [6, 6.07) is 7.68. The Labute approximate surface area is 140 Å². The second kappa shape index (κ2) is 6.35. The van der Waals surface area contributed by atoms with Crippen molar-refractivity contribution >= 4 is 17.6 Å². The average Bonchev–Trinajstić information content (AvgIpc) is 3.01. The van der Waals surface area contributed by atoms with Gasteiger partial charge in [0.15, 0.2) is 0 Å². The van der Waals surface area contributed by atoms with Crippen molar-refractivity contribution in [1.29, 1.82) is 0 Å². The molecule has 1 aliphatic rings. The number of esters is 1. The predicted octanol–water partition coefficient (Wildman–Crippen LogP) is 2.20. The number of ether oxygens (including phenoxy) is 1. The molecule has 0 bridgehead atoms. The zero-order valence-electron chi connectivity index (χ0n) is 14.3. The van der Waals surface area contributed by atoms with Gasteiger partial charge in [0.2, 0.25) is 5.95 Å². The number of nitrogens with one attached hydrogen (secondary N) is 1. The first-order valence-electron chi connectivity index (χ1n) is 7.84. The zero-order chi connectivity index (χ0) is 17.3. The van der Waals surface area contributed by atoms with Gasteiger partial charge in [0, 0.05) is 25.5 Å². The normalized spacial score (nSPS) is 16.4. The first-order chi connectivity index (χ1) is 11.5. The van der Waals surface area contributed by atoms with Gasteiger partial charge < -0.3 is 15.0 Å². The van der Waals surface area contributed by atoms with Gasteiger partial charge in [-0.2, -0.15) is 10.1 Å². The van der Waals surface area contributed by atoms with E-state index in [0.29, 0.717) is 18.1 Å². The second-order valence-corrected chi connectivity index (χ2v) is 5.80. The van der Waals surface area contributed by atoms with E-state index in [2.05, 4.69) is 15.4 Å². The van der Waals surface area contributed by atoms with Gasteiger partial charge in [-0.1, -0.05) is 12.1 Å². The molecule has 0 amide bonds. The summed E-state index contributed by atoms with van der Waals surface area (Å²) >= 11 is 0. The number of allylic oxidation sites excluding steroid dienone is 1. The van der Waals surface area contributed by atoms with E-state index in [-0.39, 0.29) is 12.0 Å². The van der Waals surface area contributed by atoms with Crippen LogP contribution in [0.15, 0.2) is 41.9 Å². The third-order valence-corrected chi connectivity index (χ3v) is 4.01. The molecule has 2 heterocycles. The lowest BCUT2D eigenvalue weighted by molar-refractivity contribution is -0.139. The van der Waals surface area contributed by atoms with E-state index in [9.17, 15) is 4.79 Å². The molecule has 0 saturated heterocycles. The monoisotopic (exact) mass is 327 g/mol. The molecule has 24 heavy (non-hydrogen) atoms. The number of hydrogen-bond donors (Lipinski definition) is 1. The van der Waals surface area contributed by atoms with E-state index < -0.39 is 0 Å². The van der Waals surface area contributed by atoms with Crippen LogP contribution in [-0.4, -0.2) is 41.4 Å². The molecule has 0 saturated carbocycles. The highest BCUT2D eigenvalue weighted by Gasteiger charge is 2.34. The van der Waals surface area contributed by atoms with Gasteiger partial charge in [0.25, 0.3) is 0 Å². The van der Waals surface area contributed by atoms with Gasteiger partial charge in [-0.05, 0) is 31.5 Å². The molecule has 0 aliphatic carbocycles. The van der Waals surface area contributed by atoms with Gasteiger partial charge in [0.1, 0.15) is 12.4 Å². The molecule has 7 nitrogen and oxygen atoms in total. The number of benzene rings is 1. The Morgan fingerprint density at radius 2 is 2.04 bits per heavy atom. The Balaban J connectivity index is 2.08. The number of aromatic nitrogens is 3. The minimum absolute atomic E-state index is 0.326. The van der Waals surface area contributed by atoms with Crippen LogP contribution in [0, 0.1) is 0 Å². The summed E-state index contributed by atoms with van der Waals surface area (Å²) < 4.78 is 6.96. The summed E-state index contributed by atoms with van der Waals surface area (Å²) in [5.41, 5.74) is 3.32. The fourth-order valence-corrected chi connectivity index (χ4v) is 2.83. The lowest BCUT2D eigenvalue weighted by atomic mass is 9.95. The van der Waals surface area contributed by atoms with E-state index in [1.165, 1.54) is 6.33 Å². The molecule has 7 heteroatoms. The summed E-state index contributed by atoms with van der Waals surface area (Å²) in [6.45, 7) is 3.98. The molecule has 0 spiro atoms. The summed E-state index contributed by atoms with van der Waals surface area (Å²) in [4.78, 5) is 18.8. The number of fused-ring (bicyclic) bond motifs is 1. The number of carbonyl (C=O) groups excluding carboxylic acids is 1. The molecule has 126 valence electrons. The van der Waals surface area contributed by atoms with Gasteiger partial charge >= 0.3 is 5.97 Å². The first kappa shape index (κ1) is 16.0. The maximum Gasteiger partial charge on any atom is 0.338 e. The van der Waals surface area contributed by atoms with Gasteiger partial charge in [-0.15, -0.1) is 0 Å². The van der Waals surface area contributed by atoms with E-state index in [1.54, 1.807) is 11.6 Å². The van der Waals surface area contributed by atoms with Gasteiger partial charge in [0.05, 0.1) is 12.2 Å². The summed E-state index contributed by atoms with van der Waals surface area (Å²) in [5, 5.41) is 7.41. The van der Waals surface area contributed by atoms with E-state index in [1.807, 2.05) is 50.2 Å². The average molecular weight is 327 g/mol. The van der Waals surface area contributed by atoms with Crippen molar-refractivity contribution in [3.63, 3.8) is 0 Å². The topological polar surface area (TPSA) is 72.3 Å². The lowest BCUT2D eigenvalue weighted by Crippen LogP contribution is -2.29. The van der Waals surface area contributed by atoms with Crippen LogP contribution in [0.4, 0.5) is 11.6 Å². The van der Waals surface area contributed by atoms with E-state index in [4.69, 9.17) is 4.74 Å². The lowest BCUT2D eigenvalue weighted by Gasteiger charge is -2.28. The fraction of sp³-hybridized carbons (Fsp3) is 0.353. The molecule has 1 aliphatic heterocycles. The van der Waals surface area contributed by atoms with Crippen molar-refractivity contribution < 1.29 is 9.53 Å². The van der Waals surface area contributed by atoms with Gasteiger partial charge in [-0.25, -0.2) is 9.48 Å². The van der Waals surface area contributed by atoms with Crippen molar-refractivity contribution in [3.05, 3.63) is 47.4 Å². The molecule has 0 unspecified atom stereocenters. The maximum atomic E-state index is 12.5. The minimum atomic E-state index is -0.362. The van der Waals surface area contributed by atoms with Crippen LogP contribution in [-0.2, 0) is 9.53 Å². The summed E-state index contributed by atoms with van der Waals surface area (Å²) in [7, 11) is 3.98. The number of carbonyl (C=O) groups is 1. The number of anilines is 2. The van der Waals surface area contributed by atoms with Crippen molar-refractivity contribution in [2.45, 2.75) is 19.9 Å². The van der Waals surface area contributed by atoms with Crippen LogP contribution in [0.2, 0.25) is 0 Å². The van der Waals surface area contributed by atoms with Gasteiger partial charge in [-0.3, -0.25) is 0 Å².